The minimum Gasteiger partial charge on any atom is -0.342 e. The molecule has 0 bridgehead atoms. The zero-order chi connectivity index (χ0) is 19.2. The van der Waals surface area contributed by atoms with Crippen molar-refractivity contribution in [2.24, 2.45) is 17.3 Å². The number of carbonyl (C=O) groups excluding carboxylic acids is 1. The highest BCUT2D eigenvalue weighted by atomic mass is 16.2. The van der Waals surface area contributed by atoms with E-state index in [4.69, 9.17) is 0 Å². The molecule has 2 aliphatic heterocycles. The van der Waals surface area contributed by atoms with Gasteiger partial charge in [0.25, 0.3) is 0 Å². The molecule has 0 radical (unpaired) electrons. The van der Waals surface area contributed by atoms with Gasteiger partial charge in [0.1, 0.15) is 0 Å². The van der Waals surface area contributed by atoms with Gasteiger partial charge >= 0.3 is 0 Å². The molecule has 3 rings (SSSR count). The molecule has 2 heterocycles. The van der Waals surface area contributed by atoms with Crippen LogP contribution in [0, 0.1) is 17.3 Å². The summed E-state index contributed by atoms with van der Waals surface area (Å²) in [6.07, 6.45) is 6.51. The van der Waals surface area contributed by atoms with Gasteiger partial charge in [-0.2, -0.15) is 0 Å². The summed E-state index contributed by atoms with van der Waals surface area (Å²) in [5.41, 5.74) is 0.623. The quantitative estimate of drug-likeness (QED) is 0.718. The standard InChI is InChI=1S/C20H37N3O.C2H6/c1-17(2)5-4-8-21-11-13-22(14-12-21)16-19(24)23-9-6-20(7-10-23)15-18(20)3;1-2/h17-18H,4-16H2,1-3H3;1-2H3. The van der Waals surface area contributed by atoms with Gasteiger partial charge in [-0.3, -0.25) is 9.69 Å². The van der Waals surface area contributed by atoms with Crippen molar-refractivity contribution in [3.8, 4) is 0 Å². The normalized spacial score (nSPS) is 25.9. The fourth-order valence-corrected chi connectivity index (χ4v) is 4.63. The van der Waals surface area contributed by atoms with Gasteiger partial charge in [0, 0.05) is 39.3 Å². The van der Waals surface area contributed by atoms with Gasteiger partial charge < -0.3 is 9.80 Å². The summed E-state index contributed by atoms with van der Waals surface area (Å²) in [4.78, 5) is 19.6. The number of hydrogen-bond donors (Lipinski definition) is 0. The van der Waals surface area contributed by atoms with Crippen LogP contribution < -0.4 is 0 Å². The monoisotopic (exact) mass is 365 g/mol. The van der Waals surface area contributed by atoms with E-state index in [1.54, 1.807) is 0 Å². The number of nitrogens with zero attached hydrogens (tertiary/aromatic N) is 3. The summed E-state index contributed by atoms with van der Waals surface area (Å²) in [6, 6.07) is 0. The van der Waals surface area contributed by atoms with Crippen molar-refractivity contribution in [3.63, 3.8) is 0 Å². The number of hydrogen-bond acceptors (Lipinski definition) is 3. The summed E-state index contributed by atoms with van der Waals surface area (Å²) in [5, 5.41) is 0. The van der Waals surface area contributed by atoms with Crippen LogP contribution in [-0.4, -0.2) is 73.0 Å². The summed E-state index contributed by atoms with van der Waals surface area (Å²) in [5.74, 6) is 2.08. The van der Waals surface area contributed by atoms with E-state index in [-0.39, 0.29) is 0 Å². The van der Waals surface area contributed by atoms with Gasteiger partial charge in [-0.05, 0) is 55.9 Å². The summed E-state index contributed by atoms with van der Waals surface area (Å²) in [7, 11) is 0. The largest absolute Gasteiger partial charge is 0.342 e. The smallest absolute Gasteiger partial charge is 0.236 e. The number of rotatable bonds is 6. The van der Waals surface area contributed by atoms with Crippen LogP contribution in [0.3, 0.4) is 0 Å². The first-order valence-electron chi connectivity index (χ1n) is 11.2. The molecule has 1 unspecified atom stereocenters. The van der Waals surface area contributed by atoms with Gasteiger partial charge in [0.2, 0.25) is 5.91 Å². The zero-order valence-electron chi connectivity index (χ0n) is 18.1. The maximum Gasteiger partial charge on any atom is 0.236 e. The molecule has 1 aliphatic carbocycles. The van der Waals surface area contributed by atoms with Crippen LogP contribution in [0.5, 0.6) is 0 Å². The fourth-order valence-electron chi connectivity index (χ4n) is 4.63. The number of piperidine rings is 1. The molecule has 1 atom stereocenters. The second kappa shape index (κ2) is 10.1. The molecule has 4 heteroatoms. The molecule has 3 aliphatic rings. The Balaban J connectivity index is 0.00000117. The van der Waals surface area contributed by atoms with Crippen LogP contribution >= 0.6 is 0 Å². The lowest BCUT2D eigenvalue weighted by molar-refractivity contribution is -0.134. The third-order valence-electron chi connectivity index (χ3n) is 6.79. The lowest BCUT2D eigenvalue weighted by atomic mass is 9.91. The maximum absolute atomic E-state index is 12.6. The topological polar surface area (TPSA) is 26.8 Å². The first-order valence-corrected chi connectivity index (χ1v) is 11.2. The van der Waals surface area contributed by atoms with Crippen LogP contribution in [0.1, 0.15) is 66.7 Å². The third-order valence-corrected chi connectivity index (χ3v) is 6.79. The van der Waals surface area contributed by atoms with E-state index in [2.05, 4.69) is 35.5 Å². The first-order chi connectivity index (χ1) is 12.5. The molecule has 1 saturated carbocycles. The Morgan fingerprint density at radius 3 is 2.04 bits per heavy atom. The van der Waals surface area contributed by atoms with Crippen LogP contribution in [-0.2, 0) is 4.79 Å². The van der Waals surface area contributed by atoms with E-state index < -0.39 is 0 Å². The molecule has 26 heavy (non-hydrogen) atoms. The number of carbonyl (C=O) groups is 1. The molecule has 152 valence electrons. The molecule has 1 spiro atoms. The lowest BCUT2D eigenvalue weighted by Crippen LogP contribution is -2.51. The minimum atomic E-state index is 0.367. The molecule has 1 amide bonds. The average molecular weight is 366 g/mol. The number of piperazine rings is 1. The van der Waals surface area contributed by atoms with E-state index in [1.807, 2.05) is 13.8 Å². The summed E-state index contributed by atoms with van der Waals surface area (Å²) in [6.45, 7) is 19.2. The SMILES string of the molecule is CC.CC(C)CCCN1CCN(CC(=O)N2CCC3(CC2)CC3C)CC1. The Hall–Kier alpha value is -0.610. The van der Waals surface area contributed by atoms with Gasteiger partial charge in [0.15, 0.2) is 0 Å². The molecule has 4 nitrogen and oxygen atoms in total. The van der Waals surface area contributed by atoms with Gasteiger partial charge in [-0.15, -0.1) is 0 Å². The van der Waals surface area contributed by atoms with Crippen LogP contribution in [0.15, 0.2) is 0 Å². The Bertz CT molecular complexity index is 421. The predicted molar refractivity (Wildman–Crippen MR) is 110 cm³/mol. The van der Waals surface area contributed by atoms with Crippen molar-refractivity contribution in [3.05, 3.63) is 0 Å². The number of amides is 1. The molecule has 2 saturated heterocycles. The van der Waals surface area contributed by atoms with E-state index >= 15 is 0 Å². The summed E-state index contributed by atoms with van der Waals surface area (Å²) >= 11 is 0. The third kappa shape index (κ3) is 5.95. The van der Waals surface area contributed by atoms with Crippen LogP contribution in [0.25, 0.3) is 0 Å². The Kier molecular flexibility index (Phi) is 8.41. The fraction of sp³-hybridized carbons (Fsp3) is 0.955. The second-order valence-electron chi connectivity index (χ2n) is 9.00. The molecular weight excluding hydrogens is 322 g/mol. The second-order valence-corrected chi connectivity index (χ2v) is 9.00. The molecule has 0 N–H and O–H groups in total. The van der Waals surface area contributed by atoms with Crippen molar-refractivity contribution in [2.75, 3.05) is 52.4 Å². The van der Waals surface area contributed by atoms with Crippen LogP contribution in [0.4, 0.5) is 0 Å². The molecule has 0 aromatic rings. The lowest BCUT2D eigenvalue weighted by Gasteiger charge is -2.37. The average Bonchev–Trinajstić information content (AvgIpc) is 3.26. The highest BCUT2D eigenvalue weighted by Gasteiger charge is 2.52. The Morgan fingerprint density at radius 2 is 1.54 bits per heavy atom. The highest BCUT2D eigenvalue weighted by molar-refractivity contribution is 5.78. The summed E-state index contributed by atoms with van der Waals surface area (Å²) < 4.78 is 0. The van der Waals surface area contributed by atoms with E-state index in [1.165, 1.54) is 38.6 Å². The van der Waals surface area contributed by atoms with Gasteiger partial charge in [0.05, 0.1) is 6.54 Å². The number of likely N-dealkylation sites (tertiary alicyclic amines) is 1. The zero-order valence-corrected chi connectivity index (χ0v) is 18.1. The van der Waals surface area contributed by atoms with Crippen molar-refractivity contribution in [1.29, 1.82) is 0 Å². The first kappa shape index (κ1) is 21.7. The van der Waals surface area contributed by atoms with Crippen molar-refractivity contribution >= 4 is 5.91 Å². The predicted octanol–water partition coefficient (Wildman–Crippen LogP) is 3.72. The van der Waals surface area contributed by atoms with E-state index in [9.17, 15) is 4.79 Å². The van der Waals surface area contributed by atoms with Crippen LogP contribution in [0.2, 0.25) is 0 Å². The van der Waals surface area contributed by atoms with Crippen molar-refractivity contribution in [1.82, 2.24) is 14.7 Å². The Labute approximate surface area is 162 Å². The molecule has 0 aromatic heterocycles. The Morgan fingerprint density at radius 1 is 1.00 bits per heavy atom. The maximum atomic E-state index is 12.6. The van der Waals surface area contributed by atoms with Gasteiger partial charge in [-0.1, -0.05) is 34.6 Å². The van der Waals surface area contributed by atoms with Crippen molar-refractivity contribution in [2.45, 2.75) is 66.7 Å². The molecule has 0 aromatic carbocycles. The molecular formula is C22H43N3O. The molecule has 3 fully saturated rings. The van der Waals surface area contributed by atoms with E-state index in [0.717, 1.165) is 51.1 Å². The van der Waals surface area contributed by atoms with E-state index in [0.29, 0.717) is 17.9 Å². The van der Waals surface area contributed by atoms with Gasteiger partial charge in [-0.25, -0.2) is 0 Å². The van der Waals surface area contributed by atoms with Crippen molar-refractivity contribution < 1.29 is 4.79 Å². The highest BCUT2D eigenvalue weighted by Crippen LogP contribution is 2.58. The minimum absolute atomic E-state index is 0.367.